The zero-order chi connectivity index (χ0) is 15.6. The van der Waals surface area contributed by atoms with Gasteiger partial charge in [-0.2, -0.15) is 13.2 Å². The van der Waals surface area contributed by atoms with Crippen LogP contribution in [0, 0.1) is 12.7 Å². The van der Waals surface area contributed by atoms with E-state index in [0.717, 1.165) is 17.7 Å². The molecule has 0 saturated carbocycles. The molecule has 0 fully saturated rings. The Morgan fingerprint density at radius 3 is 2.14 bits per heavy atom. The van der Waals surface area contributed by atoms with E-state index >= 15 is 0 Å². The number of rotatable bonds is 3. The molecule has 2 aromatic rings. The van der Waals surface area contributed by atoms with Gasteiger partial charge >= 0.3 is 6.18 Å². The number of aryl methyl sites for hydroxylation is 1. The fraction of sp³-hybridized carbons (Fsp3) is 0.200. The fourth-order valence-electron chi connectivity index (χ4n) is 2.10. The molecular weight excluding hydrogens is 284 g/mol. The van der Waals surface area contributed by atoms with Crippen LogP contribution in [0.2, 0.25) is 0 Å². The third-order valence-corrected chi connectivity index (χ3v) is 3.20. The maximum atomic E-state index is 14.0. The molecule has 2 nitrogen and oxygen atoms in total. The molecule has 3 N–H and O–H groups in total. The molecule has 0 aromatic heterocycles. The Morgan fingerprint density at radius 1 is 1.05 bits per heavy atom. The van der Waals surface area contributed by atoms with E-state index in [2.05, 4.69) is 5.43 Å². The summed E-state index contributed by atoms with van der Waals surface area (Å²) in [5.41, 5.74) is 3.16. The van der Waals surface area contributed by atoms with Crippen molar-refractivity contribution in [1.29, 1.82) is 0 Å². The molecule has 6 heteroatoms. The Bertz CT molecular complexity index is 621. The van der Waals surface area contributed by atoms with Crippen LogP contribution in [-0.2, 0) is 6.18 Å². The van der Waals surface area contributed by atoms with Gasteiger partial charge in [0.15, 0.2) is 0 Å². The average molecular weight is 298 g/mol. The van der Waals surface area contributed by atoms with E-state index in [0.29, 0.717) is 5.56 Å². The molecule has 0 aliphatic carbocycles. The van der Waals surface area contributed by atoms with E-state index in [1.54, 1.807) is 19.1 Å². The number of alkyl halides is 3. The van der Waals surface area contributed by atoms with Gasteiger partial charge < -0.3 is 0 Å². The second-order valence-electron chi connectivity index (χ2n) is 4.74. The number of hydrazine groups is 1. The first kappa shape index (κ1) is 15.5. The maximum Gasteiger partial charge on any atom is 0.416 e. The molecule has 0 amide bonds. The molecule has 1 unspecified atom stereocenters. The van der Waals surface area contributed by atoms with Crippen LogP contribution >= 0.6 is 0 Å². The van der Waals surface area contributed by atoms with E-state index in [4.69, 9.17) is 5.84 Å². The number of nitrogens with two attached hydrogens (primary N) is 1. The fourth-order valence-corrected chi connectivity index (χ4v) is 2.10. The molecule has 21 heavy (non-hydrogen) atoms. The third-order valence-electron chi connectivity index (χ3n) is 3.20. The lowest BCUT2D eigenvalue weighted by Gasteiger charge is -2.18. The van der Waals surface area contributed by atoms with Crippen LogP contribution in [0.5, 0.6) is 0 Å². The van der Waals surface area contributed by atoms with Crippen molar-refractivity contribution < 1.29 is 17.6 Å². The van der Waals surface area contributed by atoms with E-state index in [1.807, 2.05) is 0 Å². The van der Waals surface area contributed by atoms with Crippen LogP contribution in [0.25, 0.3) is 0 Å². The summed E-state index contributed by atoms with van der Waals surface area (Å²) in [6, 6.07) is 8.38. The minimum Gasteiger partial charge on any atom is -0.271 e. The average Bonchev–Trinajstić information content (AvgIpc) is 2.41. The molecule has 0 aliphatic rings. The molecule has 0 bridgehead atoms. The maximum absolute atomic E-state index is 14.0. The molecule has 0 radical (unpaired) electrons. The second-order valence-corrected chi connectivity index (χ2v) is 4.74. The van der Waals surface area contributed by atoms with Gasteiger partial charge in [0.1, 0.15) is 5.82 Å². The number of nitrogens with one attached hydrogen (secondary N) is 1. The molecule has 1 atom stereocenters. The van der Waals surface area contributed by atoms with Gasteiger partial charge in [-0.3, -0.25) is 5.84 Å². The number of hydrogen-bond donors (Lipinski definition) is 2. The number of hydrogen-bond acceptors (Lipinski definition) is 2. The van der Waals surface area contributed by atoms with Crippen LogP contribution in [-0.4, -0.2) is 0 Å². The van der Waals surface area contributed by atoms with Crippen molar-refractivity contribution in [3.05, 3.63) is 70.5 Å². The second kappa shape index (κ2) is 5.83. The zero-order valence-corrected chi connectivity index (χ0v) is 11.2. The Kier molecular flexibility index (Phi) is 4.29. The van der Waals surface area contributed by atoms with Crippen molar-refractivity contribution in [1.82, 2.24) is 5.43 Å². The Morgan fingerprint density at radius 2 is 1.67 bits per heavy atom. The summed E-state index contributed by atoms with van der Waals surface area (Å²) in [4.78, 5) is 0. The Balaban J connectivity index is 2.37. The standard InChI is InChI=1S/C15H14F4N2/c1-9-2-7-12(13(16)8-9)14(21-20)10-3-5-11(6-4-10)15(17,18)19/h2-8,14,21H,20H2,1H3. The highest BCUT2D eigenvalue weighted by Gasteiger charge is 2.30. The lowest BCUT2D eigenvalue weighted by Crippen LogP contribution is -2.29. The minimum atomic E-state index is -4.40. The molecule has 0 heterocycles. The van der Waals surface area contributed by atoms with E-state index in [9.17, 15) is 17.6 Å². The monoisotopic (exact) mass is 298 g/mol. The van der Waals surface area contributed by atoms with Gasteiger partial charge in [0.05, 0.1) is 11.6 Å². The van der Waals surface area contributed by atoms with Gasteiger partial charge in [0.2, 0.25) is 0 Å². The van der Waals surface area contributed by atoms with Crippen LogP contribution < -0.4 is 11.3 Å². The van der Waals surface area contributed by atoms with Gasteiger partial charge in [-0.1, -0.05) is 24.3 Å². The molecule has 0 aliphatic heterocycles. The van der Waals surface area contributed by atoms with Crippen molar-refractivity contribution in [2.24, 2.45) is 5.84 Å². The Hall–Kier alpha value is -1.92. The number of benzene rings is 2. The highest BCUT2D eigenvalue weighted by molar-refractivity contribution is 5.36. The lowest BCUT2D eigenvalue weighted by molar-refractivity contribution is -0.137. The molecule has 2 aromatic carbocycles. The van der Waals surface area contributed by atoms with E-state index < -0.39 is 23.6 Å². The molecule has 2 rings (SSSR count). The summed E-state index contributed by atoms with van der Waals surface area (Å²) in [7, 11) is 0. The predicted molar refractivity (Wildman–Crippen MR) is 71.7 cm³/mol. The topological polar surface area (TPSA) is 38.0 Å². The quantitative estimate of drug-likeness (QED) is 0.515. The molecule has 0 spiro atoms. The zero-order valence-electron chi connectivity index (χ0n) is 11.2. The normalized spacial score (nSPS) is 13.2. The number of halogens is 4. The first-order valence-electron chi connectivity index (χ1n) is 6.22. The summed E-state index contributed by atoms with van der Waals surface area (Å²) in [5, 5.41) is 0. The lowest BCUT2D eigenvalue weighted by atomic mass is 9.97. The van der Waals surface area contributed by atoms with Crippen molar-refractivity contribution in [3.8, 4) is 0 Å². The summed E-state index contributed by atoms with van der Waals surface area (Å²) in [6.45, 7) is 1.75. The molecule has 0 saturated heterocycles. The summed E-state index contributed by atoms with van der Waals surface area (Å²) >= 11 is 0. The van der Waals surface area contributed by atoms with Gasteiger partial charge in [-0.15, -0.1) is 0 Å². The molecule has 112 valence electrons. The first-order valence-corrected chi connectivity index (χ1v) is 6.22. The van der Waals surface area contributed by atoms with Crippen molar-refractivity contribution >= 4 is 0 Å². The van der Waals surface area contributed by atoms with Gasteiger partial charge in [-0.25, -0.2) is 9.82 Å². The van der Waals surface area contributed by atoms with Gasteiger partial charge in [-0.05, 0) is 36.2 Å². The van der Waals surface area contributed by atoms with Gasteiger partial charge in [0, 0.05) is 5.56 Å². The SMILES string of the molecule is Cc1ccc(C(NN)c2ccc(C(F)(F)F)cc2)c(F)c1. The largest absolute Gasteiger partial charge is 0.416 e. The van der Waals surface area contributed by atoms with Crippen LogP contribution in [0.3, 0.4) is 0 Å². The van der Waals surface area contributed by atoms with Crippen LogP contribution in [0.1, 0.15) is 28.3 Å². The summed E-state index contributed by atoms with van der Waals surface area (Å²) < 4.78 is 51.6. The van der Waals surface area contributed by atoms with Crippen molar-refractivity contribution in [2.45, 2.75) is 19.1 Å². The van der Waals surface area contributed by atoms with Crippen LogP contribution in [0.4, 0.5) is 17.6 Å². The van der Waals surface area contributed by atoms with Gasteiger partial charge in [0.25, 0.3) is 0 Å². The van der Waals surface area contributed by atoms with Crippen molar-refractivity contribution in [3.63, 3.8) is 0 Å². The Labute approximate surface area is 119 Å². The minimum absolute atomic E-state index is 0.280. The van der Waals surface area contributed by atoms with E-state index in [1.165, 1.54) is 18.2 Å². The summed E-state index contributed by atoms with van der Waals surface area (Å²) in [5.74, 6) is 4.97. The van der Waals surface area contributed by atoms with Crippen molar-refractivity contribution in [2.75, 3.05) is 0 Å². The highest BCUT2D eigenvalue weighted by atomic mass is 19.4. The van der Waals surface area contributed by atoms with Crippen LogP contribution in [0.15, 0.2) is 42.5 Å². The first-order chi connectivity index (χ1) is 9.82. The molecular formula is C15H14F4N2. The smallest absolute Gasteiger partial charge is 0.271 e. The third kappa shape index (κ3) is 3.40. The highest BCUT2D eigenvalue weighted by Crippen LogP contribution is 2.31. The van der Waals surface area contributed by atoms with E-state index in [-0.39, 0.29) is 5.56 Å². The summed E-state index contributed by atoms with van der Waals surface area (Å²) in [6.07, 6.45) is -4.40. The predicted octanol–water partition coefficient (Wildman–Crippen LogP) is 3.71.